The largest absolute Gasteiger partial charge is 0.416 e. The Kier molecular flexibility index (Phi) is 4.34. The van der Waals surface area contributed by atoms with Gasteiger partial charge in [-0.1, -0.05) is 6.07 Å². The lowest BCUT2D eigenvalue weighted by atomic mass is 10.1. The van der Waals surface area contributed by atoms with Crippen molar-refractivity contribution in [3.63, 3.8) is 0 Å². The van der Waals surface area contributed by atoms with Crippen LogP contribution in [0.5, 0.6) is 0 Å². The van der Waals surface area contributed by atoms with Crippen molar-refractivity contribution >= 4 is 23.5 Å². The van der Waals surface area contributed by atoms with Crippen LogP contribution in [0.15, 0.2) is 40.7 Å². The number of guanidine groups is 1. The third kappa shape index (κ3) is 3.48. The molecule has 1 atom stereocenters. The second-order valence-electron chi connectivity index (χ2n) is 6.10. The smallest absolute Gasteiger partial charge is 0.324 e. The van der Waals surface area contributed by atoms with Gasteiger partial charge >= 0.3 is 6.18 Å². The minimum Gasteiger partial charge on any atom is -0.324 e. The lowest BCUT2D eigenvalue weighted by molar-refractivity contribution is -0.137. The molecule has 0 aromatic heterocycles. The summed E-state index contributed by atoms with van der Waals surface area (Å²) in [6.07, 6.45) is -4.67. The molecule has 3 N–H and O–H groups in total. The van der Waals surface area contributed by atoms with Gasteiger partial charge in [-0.15, -0.1) is 0 Å². The Morgan fingerprint density at radius 2 is 2.08 bits per heavy atom. The number of benzene rings is 1. The summed E-state index contributed by atoms with van der Waals surface area (Å²) < 4.78 is 38.4. The van der Waals surface area contributed by atoms with Crippen molar-refractivity contribution < 1.29 is 22.8 Å². The van der Waals surface area contributed by atoms with Gasteiger partial charge in [-0.3, -0.25) is 20.3 Å². The highest BCUT2D eigenvalue weighted by molar-refractivity contribution is 6.07. The molecule has 2 heterocycles. The van der Waals surface area contributed by atoms with Crippen molar-refractivity contribution in [1.29, 1.82) is 0 Å². The van der Waals surface area contributed by atoms with E-state index in [4.69, 9.17) is 0 Å². The molecule has 0 radical (unpaired) electrons. The van der Waals surface area contributed by atoms with Crippen LogP contribution in [0.1, 0.15) is 25.8 Å². The van der Waals surface area contributed by atoms with Gasteiger partial charge in [0, 0.05) is 5.69 Å². The number of halogens is 3. The minimum absolute atomic E-state index is 0.00377. The van der Waals surface area contributed by atoms with E-state index in [0.29, 0.717) is 5.82 Å². The molecule has 1 fully saturated rings. The zero-order chi connectivity index (χ0) is 19.1. The number of alkyl halides is 3. The molecular weight excluding hydrogens is 351 g/mol. The molecule has 0 bridgehead atoms. The van der Waals surface area contributed by atoms with Gasteiger partial charge in [-0.25, -0.2) is 5.01 Å². The average molecular weight is 367 g/mol. The number of carbonyl (C=O) groups is 2. The monoisotopic (exact) mass is 367 g/mol. The maximum absolute atomic E-state index is 12.8. The molecule has 0 unspecified atom stereocenters. The van der Waals surface area contributed by atoms with Crippen molar-refractivity contribution in [1.82, 2.24) is 15.8 Å². The van der Waals surface area contributed by atoms with Gasteiger partial charge in [0.2, 0.25) is 17.8 Å². The Balaban J connectivity index is 1.81. The Morgan fingerprint density at radius 1 is 1.35 bits per heavy atom. The van der Waals surface area contributed by atoms with Crippen LogP contribution in [0.2, 0.25) is 0 Å². The second-order valence-corrected chi connectivity index (χ2v) is 6.10. The highest BCUT2D eigenvalue weighted by atomic mass is 19.4. The van der Waals surface area contributed by atoms with Crippen molar-refractivity contribution in [2.45, 2.75) is 32.5 Å². The molecule has 26 heavy (non-hydrogen) atoms. The number of carbonyl (C=O) groups excluding carboxylic acids is 2. The molecule has 0 spiro atoms. The van der Waals surface area contributed by atoms with Gasteiger partial charge in [-0.2, -0.15) is 18.2 Å². The SMILES string of the molecule is CC(C)=C1N=C2NC(=O)C[C@H](C(=O)Nc3cccc(C(F)(F)F)c3)N2N1. The first-order valence-electron chi connectivity index (χ1n) is 7.75. The second kappa shape index (κ2) is 6.36. The molecular formula is C16H16F3N5O2. The molecule has 1 aromatic carbocycles. The number of anilines is 1. The van der Waals surface area contributed by atoms with Gasteiger partial charge in [0.05, 0.1) is 12.0 Å². The van der Waals surface area contributed by atoms with Crippen LogP contribution in [-0.2, 0) is 15.8 Å². The predicted octanol–water partition coefficient (Wildman–Crippen LogP) is 1.96. The summed E-state index contributed by atoms with van der Waals surface area (Å²) in [5, 5.41) is 6.38. The first-order valence-corrected chi connectivity index (χ1v) is 7.75. The van der Waals surface area contributed by atoms with E-state index in [9.17, 15) is 22.8 Å². The minimum atomic E-state index is -4.51. The van der Waals surface area contributed by atoms with Gasteiger partial charge in [0.15, 0.2) is 0 Å². The summed E-state index contributed by atoms with van der Waals surface area (Å²) in [5.41, 5.74) is 2.89. The van der Waals surface area contributed by atoms with E-state index in [1.54, 1.807) is 0 Å². The zero-order valence-corrected chi connectivity index (χ0v) is 13.9. The van der Waals surface area contributed by atoms with Crippen LogP contribution in [0.25, 0.3) is 0 Å². The third-order valence-corrected chi connectivity index (χ3v) is 3.85. The fourth-order valence-corrected chi connectivity index (χ4v) is 2.54. The molecule has 2 amide bonds. The third-order valence-electron chi connectivity index (χ3n) is 3.85. The molecule has 1 aromatic rings. The predicted molar refractivity (Wildman–Crippen MR) is 87.4 cm³/mol. The Hall–Kier alpha value is -3.04. The number of aliphatic imine (C=N–C) groups is 1. The van der Waals surface area contributed by atoms with Crippen molar-refractivity contribution in [3.05, 3.63) is 41.2 Å². The summed E-state index contributed by atoms with van der Waals surface area (Å²) in [6.45, 7) is 3.62. The number of nitrogens with zero attached hydrogens (tertiary/aromatic N) is 2. The Morgan fingerprint density at radius 3 is 2.73 bits per heavy atom. The number of nitrogens with one attached hydrogen (secondary N) is 3. The number of hydrogen-bond donors (Lipinski definition) is 3. The number of amides is 2. The maximum Gasteiger partial charge on any atom is 0.416 e. The van der Waals surface area contributed by atoms with Crippen LogP contribution in [0.4, 0.5) is 18.9 Å². The number of allylic oxidation sites excluding steroid dienone is 1. The Bertz CT molecular complexity index is 827. The number of rotatable bonds is 2. The van der Waals surface area contributed by atoms with Crippen LogP contribution in [0.3, 0.4) is 0 Å². The zero-order valence-electron chi connectivity index (χ0n) is 13.9. The normalized spacial score (nSPS) is 19.3. The fraction of sp³-hybridized carbons (Fsp3) is 0.312. The van der Waals surface area contributed by atoms with E-state index in [1.807, 2.05) is 13.8 Å². The highest BCUT2D eigenvalue weighted by Gasteiger charge is 2.40. The van der Waals surface area contributed by atoms with Gasteiger partial charge < -0.3 is 5.32 Å². The van der Waals surface area contributed by atoms with Crippen LogP contribution >= 0.6 is 0 Å². The summed E-state index contributed by atoms with van der Waals surface area (Å²) in [4.78, 5) is 28.6. The highest BCUT2D eigenvalue weighted by Crippen LogP contribution is 2.30. The van der Waals surface area contributed by atoms with Crippen LogP contribution < -0.4 is 16.1 Å². The summed E-state index contributed by atoms with van der Waals surface area (Å²) >= 11 is 0. The Labute approximate surface area is 146 Å². The average Bonchev–Trinajstić information content (AvgIpc) is 2.97. The van der Waals surface area contributed by atoms with E-state index in [0.717, 1.165) is 17.7 Å². The first kappa shape index (κ1) is 17.8. The maximum atomic E-state index is 12.8. The number of fused-ring (bicyclic) bond motifs is 1. The van der Waals surface area contributed by atoms with E-state index in [2.05, 4.69) is 21.1 Å². The molecule has 0 saturated carbocycles. The summed E-state index contributed by atoms with van der Waals surface area (Å²) in [6, 6.07) is 3.36. The van der Waals surface area contributed by atoms with E-state index >= 15 is 0 Å². The van der Waals surface area contributed by atoms with Crippen molar-refractivity contribution in [2.24, 2.45) is 4.99 Å². The molecule has 3 rings (SSSR count). The molecule has 1 saturated heterocycles. The first-order chi connectivity index (χ1) is 12.1. The quantitative estimate of drug-likeness (QED) is 0.746. The standard InChI is InChI=1S/C16H16F3N5O2/c1-8(2)13-22-15-21-12(25)7-11(24(15)23-13)14(26)20-10-5-3-4-9(6-10)16(17,18)19/h3-6,11,23H,7H2,1-2H3,(H,20,26)(H,21,22,25)/t11-/m1/s1. The van der Waals surface area contributed by atoms with E-state index in [1.165, 1.54) is 17.1 Å². The van der Waals surface area contributed by atoms with Crippen LogP contribution in [-0.4, -0.2) is 28.8 Å². The lowest BCUT2D eigenvalue weighted by Gasteiger charge is -2.32. The lowest BCUT2D eigenvalue weighted by Crippen LogP contribution is -2.61. The van der Waals surface area contributed by atoms with Gasteiger partial charge in [0.25, 0.3) is 0 Å². The summed E-state index contributed by atoms with van der Waals surface area (Å²) in [5.74, 6) is -0.337. The molecule has 10 heteroatoms. The number of hydrogen-bond acceptors (Lipinski definition) is 5. The molecule has 7 nitrogen and oxygen atoms in total. The molecule has 138 valence electrons. The van der Waals surface area contributed by atoms with Gasteiger partial charge in [0.1, 0.15) is 11.9 Å². The topological polar surface area (TPSA) is 85.8 Å². The van der Waals surface area contributed by atoms with Crippen molar-refractivity contribution in [3.8, 4) is 0 Å². The molecule has 2 aliphatic rings. The number of hydrazine groups is 1. The summed E-state index contributed by atoms with van der Waals surface area (Å²) in [7, 11) is 0. The molecule has 0 aliphatic carbocycles. The van der Waals surface area contributed by atoms with E-state index in [-0.39, 0.29) is 18.1 Å². The van der Waals surface area contributed by atoms with E-state index < -0.39 is 29.6 Å². The van der Waals surface area contributed by atoms with Gasteiger partial charge in [-0.05, 0) is 37.6 Å². The fourth-order valence-electron chi connectivity index (χ4n) is 2.54. The van der Waals surface area contributed by atoms with Crippen LogP contribution in [0, 0.1) is 0 Å². The molecule has 2 aliphatic heterocycles. The van der Waals surface area contributed by atoms with Crippen molar-refractivity contribution in [2.75, 3.05) is 5.32 Å².